The average molecular weight is 394 g/mol. The number of nitrogens with one attached hydrogen (secondary N) is 1. The first-order chi connectivity index (χ1) is 9.81. The van der Waals surface area contributed by atoms with Crippen LogP contribution < -0.4 is 10.5 Å². The number of anilines is 1. The highest BCUT2D eigenvalue weighted by atomic mass is 79.9. The van der Waals surface area contributed by atoms with Crippen LogP contribution in [-0.4, -0.2) is 8.42 Å². The summed E-state index contributed by atoms with van der Waals surface area (Å²) in [5.74, 6) is -0.688. The van der Waals surface area contributed by atoms with E-state index in [1.807, 2.05) is 0 Å². The Morgan fingerprint density at radius 3 is 2.62 bits per heavy atom. The molecule has 0 unspecified atom stereocenters. The maximum absolute atomic E-state index is 13.3. The summed E-state index contributed by atoms with van der Waals surface area (Å²) >= 11 is 8.98. The third-order valence-electron chi connectivity index (χ3n) is 2.75. The van der Waals surface area contributed by atoms with E-state index in [0.717, 1.165) is 12.1 Å². The molecule has 0 aromatic heterocycles. The van der Waals surface area contributed by atoms with Gasteiger partial charge in [-0.05, 0) is 39.7 Å². The van der Waals surface area contributed by atoms with Crippen LogP contribution >= 0.6 is 27.5 Å². The number of hydrogen-bond acceptors (Lipinski definition) is 3. The highest BCUT2D eigenvalue weighted by Crippen LogP contribution is 2.27. The van der Waals surface area contributed by atoms with Crippen LogP contribution in [0.3, 0.4) is 0 Å². The third kappa shape index (κ3) is 3.74. The molecular weight excluding hydrogens is 383 g/mol. The molecule has 4 nitrogen and oxygen atoms in total. The van der Waals surface area contributed by atoms with Gasteiger partial charge in [-0.3, -0.25) is 0 Å². The minimum absolute atomic E-state index is 0.0196. The standard InChI is InChI=1S/C13H11BrClFN2O2S/c14-9-5-11(16)12(17)6-13(9)21(19,20)18-7-8-3-1-2-4-10(8)15/h1-6,18H,7,17H2. The van der Waals surface area contributed by atoms with Gasteiger partial charge in [-0.15, -0.1) is 0 Å². The van der Waals surface area contributed by atoms with E-state index in [1.165, 1.54) is 0 Å². The Balaban J connectivity index is 2.27. The van der Waals surface area contributed by atoms with Crippen LogP contribution in [0.1, 0.15) is 5.56 Å². The zero-order valence-electron chi connectivity index (χ0n) is 10.6. The van der Waals surface area contributed by atoms with Gasteiger partial charge in [0.25, 0.3) is 0 Å². The van der Waals surface area contributed by atoms with Crippen molar-refractivity contribution in [3.05, 3.63) is 57.3 Å². The van der Waals surface area contributed by atoms with Gasteiger partial charge in [0, 0.05) is 16.0 Å². The van der Waals surface area contributed by atoms with Crippen molar-refractivity contribution in [1.29, 1.82) is 0 Å². The summed E-state index contributed by atoms with van der Waals surface area (Å²) in [6, 6.07) is 8.95. The van der Waals surface area contributed by atoms with Crippen molar-refractivity contribution in [3.63, 3.8) is 0 Å². The zero-order chi connectivity index (χ0) is 15.6. The van der Waals surface area contributed by atoms with Crippen molar-refractivity contribution >= 4 is 43.2 Å². The monoisotopic (exact) mass is 392 g/mol. The SMILES string of the molecule is Nc1cc(S(=O)(=O)NCc2ccccc2Cl)c(Br)cc1F. The molecule has 0 radical (unpaired) electrons. The number of hydrogen-bond donors (Lipinski definition) is 2. The van der Waals surface area contributed by atoms with Crippen molar-refractivity contribution in [2.45, 2.75) is 11.4 Å². The first-order valence-electron chi connectivity index (χ1n) is 5.79. The second-order valence-corrected chi connectivity index (χ2v) is 7.22. The van der Waals surface area contributed by atoms with Crippen molar-refractivity contribution < 1.29 is 12.8 Å². The van der Waals surface area contributed by atoms with E-state index in [4.69, 9.17) is 17.3 Å². The quantitative estimate of drug-likeness (QED) is 0.783. The normalized spacial score (nSPS) is 11.6. The summed E-state index contributed by atoms with van der Waals surface area (Å²) in [5.41, 5.74) is 5.80. The molecular formula is C13H11BrClFN2O2S. The van der Waals surface area contributed by atoms with E-state index >= 15 is 0 Å². The molecule has 0 bridgehead atoms. The zero-order valence-corrected chi connectivity index (χ0v) is 13.8. The fourth-order valence-electron chi connectivity index (χ4n) is 1.64. The molecule has 0 saturated carbocycles. The number of halogens is 3. The molecule has 112 valence electrons. The molecule has 0 heterocycles. The minimum atomic E-state index is -3.85. The van der Waals surface area contributed by atoms with Crippen LogP contribution in [0.2, 0.25) is 5.02 Å². The predicted molar refractivity (Wildman–Crippen MR) is 84.0 cm³/mol. The number of rotatable bonds is 4. The van der Waals surface area contributed by atoms with Crippen LogP contribution in [0.25, 0.3) is 0 Å². The van der Waals surface area contributed by atoms with Gasteiger partial charge in [0.2, 0.25) is 10.0 Å². The largest absolute Gasteiger partial charge is 0.396 e. The Kier molecular flexibility index (Phi) is 4.88. The summed E-state index contributed by atoms with van der Waals surface area (Å²) in [4.78, 5) is -0.131. The molecule has 0 fully saturated rings. The molecule has 3 N–H and O–H groups in total. The van der Waals surface area contributed by atoms with Crippen LogP contribution in [0.15, 0.2) is 45.8 Å². The molecule has 0 spiro atoms. The summed E-state index contributed by atoms with van der Waals surface area (Å²) in [6.07, 6.45) is 0. The first kappa shape index (κ1) is 16.2. The van der Waals surface area contributed by atoms with E-state index in [1.54, 1.807) is 24.3 Å². The predicted octanol–water partition coefficient (Wildman–Crippen LogP) is 3.30. The Bertz CT molecular complexity index is 784. The smallest absolute Gasteiger partial charge is 0.242 e. The fraction of sp³-hybridized carbons (Fsp3) is 0.0769. The minimum Gasteiger partial charge on any atom is -0.396 e. The lowest BCUT2D eigenvalue weighted by molar-refractivity contribution is 0.580. The number of benzene rings is 2. The molecule has 0 atom stereocenters. The fourth-order valence-corrected chi connectivity index (χ4v) is 3.90. The van der Waals surface area contributed by atoms with Gasteiger partial charge in [-0.2, -0.15) is 0 Å². The summed E-state index contributed by atoms with van der Waals surface area (Å²) < 4.78 is 40.2. The third-order valence-corrected chi connectivity index (χ3v) is 5.48. The highest BCUT2D eigenvalue weighted by molar-refractivity contribution is 9.10. The molecule has 0 aliphatic rings. The molecule has 0 amide bonds. The lowest BCUT2D eigenvalue weighted by Gasteiger charge is -2.10. The summed E-state index contributed by atoms with van der Waals surface area (Å²) in [7, 11) is -3.85. The van der Waals surface area contributed by atoms with Gasteiger partial charge >= 0.3 is 0 Å². The first-order valence-corrected chi connectivity index (χ1v) is 8.44. The maximum atomic E-state index is 13.3. The van der Waals surface area contributed by atoms with Crippen molar-refractivity contribution in [2.24, 2.45) is 0 Å². The van der Waals surface area contributed by atoms with Gasteiger partial charge in [-0.25, -0.2) is 17.5 Å². The molecule has 2 aromatic rings. The van der Waals surface area contributed by atoms with Crippen molar-refractivity contribution in [2.75, 3.05) is 5.73 Å². The van der Waals surface area contributed by atoms with Gasteiger partial charge in [-0.1, -0.05) is 29.8 Å². The average Bonchev–Trinajstić information content (AvgIpc) is 2.42. The Hall–Kier alpha value is -1.15. The molecule has 0 aliphatic heterocycles. The van der Waals surface area contributed by atoms with Gasteiger partial charge in [0.1, 0.15) is 5.82 Å². The van der Waals surface area contributed by atoms with Crippen LogP contribution in [-0.2, 0) is 16.6 Å². The van der Waals surface area contributed by atoms with Crippen molar-refractivity contribution in [3.8, 4) is 0 Å². The molecule has 8 heteroatoms. The number of nitrogens with two attached hydrogens (primary N) is 1. The van der Waals surface area contributed by atoms with E-state index in [-0.39, 0.29) is 21.6 Å². The van der Waals surface area contributed by atoms with Crippen LogP contribution in [0.4, 0.5) is 10.1 Å². The van der Waals surface area contributed by atoms with E-state index < -0.39 is 15.8 Å². The second kappa shape index (κ2) is 6.31. The van der Waals surface area contributed by atoms with Crippen LogP contribution in [0, 0.1) is 5.82 Å². The Morgan fingerprint density at radius 2 is 1.95 bits per heavy atom. The van der Waals surface area contributed by atoms with E-state index in [2.05, 4.69) is 20.7 Å². The van der Waals surface area contributed by atoms with E-state index in [9.17, 15) is 12.8 Å². The van der Waals surface area contributed by atoms with Gasteiger partial charge < -0.3 is 5.73 Å². The van der Waals surface area contributed by atoms with Crippen LogP contribution in [0.5, 0.6) is 0 Å². The van der Waals surface area contributed by atoms with Gasteiger partial charge in [0.05, 0.1) is 10.6 Å². The lowest BCUT2D eigenvalue weighted by atomic mass is 10.2. The van der Waals surface area contributed by atoms with Gasteiger partial charge in [0.15, 0.2) is 0 Å². The highest BCUT2D eigenvalue weighted by Gasteiger charge is 2.19. The van der Waals surface area contributed by atoms with E-state index in [0.29, 0.717) is 10.6 Å². The summed E-state index contributed by atoms with van der Waals surface area (Å²) in [5, 5.41) is 0.456. The molecule has 2 aromatic carbocycles. The molecule has 0 aliphatic carbocycles. The number of nitrogen functional groups attached to an aromatic ring is 1. The molecule has 2 rings (SSSR count). The summed E-state index contributed by atoms with van der Waals surface area (Å²) in [6.45, 7) is 0.0196. The molecule has 0 saturated heterocycles. The second-order valence-electron chi connectivity index (χ2n) is 4.22. The van der Waals surface area contributed by atoms with Crippen molar-refractivity contribution in [1.82, 2.24) is 4.72 Å². The number of sulfonamides is 1. The topological polar surface area (TPSA) is 72.2 Å². The lowest BCUT2D eigenvalue weighted by Crippen LogP contribution is -2.24. The molecule has 21 heavy (non-hydrogen) atoms. The Labute approximate surface area is 135 Å². The Morgan fingerprint density at radius 1 is 1.29 bits per heavy atom. The maximum Gasteiger partial charge on any atom is 0.242 e.